The largest absolute Gasteiger partial charge is 0.483 e. The number of aliphatic imine (C=N–C) groups is 1. The number of amides is 1. The number of nitrogens with zero attached hydrogens (tertiary/aromatic N) is 2. The lowest BCUT2D eigenvalue weighted by Gasteiger charge is -2.11. The summed E-state index contributed by atoms with van der Waals surface area (Å²) in [5, 5.41) is 6.89. The lowest BCUT2D eigenvalue weighted by molar-refractivity contribution is -0.122. The Morgan fingerprint density at radius 2 is 1.56 bits per heavy atom. The van der Waals surface area contributed by atoms with Crippen LogP contribution in [0.1, 0.15) is 36.7 Å². The predicted molar refractivity (Wildman–Crippen MR) is 112 cm³/mol. The molecular formula is C21H29N3O3. The number of nitrogens with two attached hydrogens (primary N) is 1. The van der Waals surface area contributed by atoms with Gasteiger partial charge in [0.1, 0.15) is 0 Å². The smallest absolute Gasteiger partial charge is 0.290 e. The zero-order valence-corrected chi connectivity index (χ0v) is 16.9. The van der Waals surface area contributed by atoms with Gasteiger partial charge in [-0.05, 0) is 42.3 Å². The lowest BCUT2D eigenvalue weighted by atomic mass is 9.99. The molecule has 0 saturated heterocycles. The van der Waals surface area contributed by atoms with Gasteiger partial charge < -0.3 is 15.7 Å². The van der Waals surface area contributed by atoms with Crippen molar-refractivity contribution in [2.24, 2.45) is 4.99 Å². The summed E-state index contributed by atoms with van der Waals surface area (Å²) in [6.07, 6.45) is 0. The fourth-order valence-electron chi connectivity index (χ4n) is 2.23. The van der Waals surface area contributed by atoms with Gasteiger partial charge in [0.15, 0.2) is 0 Å². The summed E-state index contributed by atoms with van der Waals surface area (Å²) in [5.41, 5.74) is 11.3. The lowest BCUT2D eigenvalue weighted by Crippen LogP contribution is -2.21. The monoisotopic (exact) mass is 371 g/mol. The fraction of sp³-hybridized carbons (Fsp3) is 0.286. The SMILES string of the molecule is CC.CN=C(C)c1cc(-c2ccc(C(=O)N(C)C)cc2)ccc1N.O=CO. The van der Waals surface area contributed by atoms with Crippen molar-refractivity contribution in [1.82, 2.24) is 4.90 Å². The molecule has 0 radical (unpaired) electrons. The van der Waals surface area contributed by atoms with E-state index in [1.807, 2.05) is 63.2 Å². The van der Waals surface area contributed by atoms with E-state index in [1.54, 1.807) is 26.0 Å². The molecule has 0 atom stereocenters. The molecule has 2 aromatic rings. The topological polar surface area (TPSA) is 96.0 Å². The summed E-state index contributed by atoms with van der Waals surface area (Å²) in [6.45, 7) is 5.69. The van der Waals surface area contributed by atoms with Crippen LogP contribution in [0.3, 0.4) is 0 Å². The first-order valence-corrected chi connectivity index (χ1v) is 8.58. The third kappa shape index (κ3) is 6.93. The molecule has 2 aromatic carbocycles. The Morgan fingerprint density at radius 1 is 1.07 bits per heavy atom. The number of hydrogen-bond donors (Lipinski definition) is 2. The molecule has 0 heterocycles. The summed E-state index contributed by atoms with van der Waals surface area (Å²) in [6, 6.07) is 13.5. The van der Waals surface area contributed by atoms with E-state index in [0.29, 0.717) is 11.3 Å². The maximum atomic E-state index is 11.9. The number of carbonyl (C=O) groups is 2. The van der Waals surface area contributed by atoms with Crippen LogP contribution >= 0.6 is 0 Å². The Morgan fingerprint density at radius 3 is 2.00 bits per heavy atom. The Labute approximate surface area is 161 Å². The number of carboxylic acid groups (broad SMARTS) is 1. The van der Waals surface area contributed by atoms with E-state index in [0.717, 1.165) is 22.4 Å². The van der Waals surface area contributed by atoms with Gasteiger partial charge in [0.25, 0.3) is 12.4 Å². The number of benzene rings is 2. The van der Waals surface area contributed by atoms with Crippen LogP contribution in [0.2, 0.25) is 0 Å². The van der Waals surface area contributed by atoms with E-state index in [2.05, 4.69) is 4.99 Å². The van der Waals surface area contributed by atoms with E-state index in [-0.39, 0.29) is 12.4 Å². The summed E-state index contributed by atoms with van der Waals surface area (Å²) in [5.74, 6) is -0.00138. The van der Waals surface area contributed by atoms with Crippen molar-refractivity contribution in [2.75, 3.05) is 26.9 Å². The number of nitrogen functional groups attached to an aromatic ring is 1. The normalized spacial score (nSPS) is 9.93. The van der Waals surface area contributed by atoms with E-state index in [4.69, 9.17) is 15.6 Å². The molecule has 1 amide bonds. The molecule has 0 fully saturated rings. The Kier molecular flexibility index (Phi) is 10.8. The van der Waals surface area contributed by atoms with E-state index in [1.165, 1.54) is 0 Å². The van der Waals surface area contributed by atoms with Gasteiger partial charge in [-0.25, -0.2) is 0 Å². The van der Waals surface area contributed by atoms with Crippen LogP contribution in [-0.2, 0) is 4.79 Å². The summed E-state index contributed by atoms with van der Waals surface area (Å²) in [4.78, 5) is 26.0. The third-order valence-corrected chi connectivity index (χ3v) is 3.65. The average Bonchev–Trinajstić information content (AvgIpc) is 2.69. The Balaban J connectivity index is 0.00000123. The number of hydrogen-bond acceptors (Lipinski definition) is 4. The molecule has 2 rings (SSSR count). The molecule has 3 N–H and O–H groups in total. The molecule has 0 spiro atoms. The van der Waals surface area contributed by atoms with Crippen LogP contribution < -0.4 is 5.73 Å². The van der Waals surface area contributed by atoms with E-state index in [9.17, 15) is 4.79 Å². The van der Waals surface area contributed by atoms with Gasteiger partial charge in [-0.15, -0.1) is 0 Å². The van der Waals surface area contributed by atoms with Crippen molar-refractivity contribution in [3.05, 3.63) is 53.6 Å². The second-order valence-corrected chi connectivity index (χ2v) is 5.49. The van der Waals surface area contributed by atoms with Crippen molar-refractivity contribution in [2.45, 2.75) is 20.8 Å². The highest BCUT2D eigenvalue weighted by Crippen LogP contribution is 2.25. The summed E-state index contributed by atoms with van der Waals surface area (Å²) in [7, 11) is 5.24. The van der Waals surface area contributed by atoms with Crippen LogP contribution in [-0.4, -0.2) is 49.2 Å². The number of carbonyl (C=O) groups excluding carboxylic acids is 1. The zero-order valence-electron chi connectivity index (χ0n) is 16.9. The van der Waals surface area contributed by atoms with Gasteiger partial charge in [0.05, 0.1) is 0 Å². The molecule has 6 heteroatoms. The molecule has 146 valence electrons. The van der Waals surface area contributed by atoms with E-state index < -0.39 is 0 Å². The Bertz CT molecular complexity index is 767. The maximum Gasteiger partial charge on any atom is 0.290 e. The first-order valence-electron chi connectivity index (χ1n) is 8.58. The molecule has 0 aliphatic rings. The minimum absolute atomic E-state index is 0.00138. The first kappa shape index (κ1) is 23.9. The third-order valence-electron chi connectivity index (χ3n) is 3.65. The molecule has 0 unspecified atom stereocenters. The fourth-order valence-corrected chi connectivity index (χ4v) is 2.23. The molecule has 0 aliphatic carbocycles. The molecule has 0 bridgehead atoms. The second-order valence-electron chi connectivity index (χ2n) is 5.49. The van der Waals surface area contributed by atoms with E-state index >= 15 is 0 Å². The van der Waals surface area contributed by atoms with Gasteiger partial charge in [-0.2, -0.15) is 0 Å². The zero-order chi connectivity index (χ0) is 21.0. The predicted octanol–water partition coefficient (Wildman–Crippen LogP) is 3.80. The van der Waals surface area contributed by atoms with Crippen molar-refractivity contribution in [1.29, 1.82) is 0 Å². The van der Waals surface area contributed by atoms with Gasteiger partial charge in [0.2, 0.25) is 0 Å². The van der Waals surface area contributed by atoms with Gasteiger partial charge in [-0.1, -0.05) is 32.0 Å². The van der Waals surface area contributed by atoms with Gasteiger partial charge in [0, 0.05) is 43.7 Å². The molecule has 27 heavy (non-hydrogen) atoms. The summed E-state index contributed by atoms with van der Waals surface area (Å²) < 4.78 is 0. The van der Waals surface area contributed by atoms with Crippen LogP contribution in [0.4, 0.5) is 5.69 Å². The highest BCUT2D eigenvalue weighted by atomic mass is 16.3. The van der Waals surface area contributed by atoms with Gasteiger partial charge in [-0.3, -0.25) is 14.6 Å². The molecule has 0 saturated carbocycles. The van der Waals surface area contributed by atoms with Crippen molar-refractivity contribution in [3.63, 3.8) is 0 Å². The maximum absolute atomic E-state index is 11.9. The van der Waals surface area contributed by atoms with Crippen LogP contribution in [0.25, 0.3) is 11.1 Å². The van der Waals surface area contributed by atoms with Crippen molar-refractivity contribution >= 4 is 23.8 Å². The van der Waals surface area contributed by atoms with Crippen molar-refractivity contribution < 1.29 is 14.7 Å². The average molecular weight is 371 g/mol. The molecular weight excluding hydrogens is 342 g/mol. The standard InChI is InChI=1S/C18H21N3O.C2H6.CH2O2/c1-12(20-2)16-11-15(9-10-17(16)19)13-5-7-14(8-6-13)18(22)21(3)4;1-2;2-1-3/h5-11H,19H2,1-4H3;1-2H3;1H,(H,2,3). The Hall–Kier alpha value is -3.15. The number of rotatable bonds is 3. The van der Waals surface area contributed by atoms with Crippen LogP contribution in [0, 0.1) is 0 Å². The summed E-state index contributed by atoms with van der Waals surface area (Å²) >= 11 is 0. The van der Waals surface area contributed by atoms with Crippen LogP contribution in [0.5, 0.6) is 0 Å². The second kappa shape index (κ2) is 12.2. The molecule has 0 aliphatic heterocycles. The highest BCUT2D eigenvalue weighted by molar-refractivity contribution is 6.04. The molecule has 0 aromatic heterocycles. The van der Waals surface area contributed by atoms with Crippen LogP contribution in [0.15, 0.2) is 47.5 Å². The molecule has 6 nitrogen and oxygen atoms in total. The van der Waals surface area contributed by atoms with Crippen molar-refractivity contribution in [3.8, 4) is 11.1 Å². The highest BCUT2D eigenvalue weighted by Gasteiger charge is 2.09. The minimum Gasteiger partial charge on any atom is -0.483 e. The van der Waals surface area contributed by atoms with Gasteiger partial charge >= 0.3 is 0 Å². The minimum atomic E-state index is -0.250. The first-order chi connectivity index (χ1) is 12.8. The number of anilines is 1. The quantitative estimate of drug-likeness (QED) is 0.487.